The van der Waals surface area contributed by atoms with Crippen LogP contribution in [0.3, 0.4) is 0 Å². The van der Waals surface area contributed by atoms with Crippen molar-refractivity contribution in [1.29, 1.82) is 0 Å². The average molecular weight is 206 g/mol. The van der Waals surface area contributed by atoms with E-state index in [0.717, 1.165) is 10.8 Å². The third-order valence-corrected chi connectivity index (χ3v) is 2.58. The highest BCUT2D eigenvalue weighted by Gasteiger charge is 2.02. The summed E-state index contributed by atoms with van der Waals surface area (Å²) in [7, 11) is 5.59. The van der Waals surface area contributed by atoms with E-state index in [0.29, 0.717) is 5.65 Å². The number of nitrogens with zero attached hydrogens (tertiary/aromatic N) is 2. The van der Waals surface area contributed by atoms with Crippen LogP contribution in [0.4, 0.5) is 0 Å². The number of pyridine rings is 1. The lowest BCUT2D eigenvalue weighted by Gasteiger charge is -2.04. The van der Waals surface area contributed by atoms with Gasteiger partial charge in [-0.2, -0.15) is 0 Å². The van der Waals surface area contributed by atoms with Crippen molar-refractivity contribution in [2.45, 2.75) is 0 Å². The molecule has 3 rings (SSSR count). The fourth-order valence-corrected chi connectivity index (χ4v) is 1.84. The molecule has 4 heteroatoms. The molecule has 16 heavy (non-hydrogen) atoms. The molecule has 2 heterocycles. The highest BCUT2D eigenvalue weighted by Crippen LogP contribution is 2.15. The van der Waals surface area contributed by atoms with Crippen LogP contribution in [0.2, 0.25) is 0 Å². The summed E-state index contributed by atoms with van der Waals surface area (Å²) >= 11 is 0. The van der Waals surface area contributed by atoms with Crippen LogP contribution < -0.4 is 11.2 Å². The molecule has 1 aromatic carbocycles. The van der Waals surface area contributed by atoms with Crippen LogP contribution in [-0.2, 0) is 0 Å². The Bertz CT molecular complexity index is 749. The van der Waals surface area contributed by atoms with E-state index in [-0.39, 0.29) is 11.2 Å². The molecule has 0 saturated heterocycles. The number of rotatable bonds is 0. The summed E-state index contributed by atoms with van der Waals surface area (Å²) in [5.41, 5.74) is 0.692. The Hall–Kier alpha value is -2.10. The number of hydrogen-bond donors (Lipinski definition) is 0. The zero-order valence-corrected chi connectivity index (χ0v) is 8.42. The predicted molar refractivity (Wildman–Crippen MR) is 64.4 cm³/mol. The number of fused-ring (bicyclic) bond motifs is 3. The third-order valence-electron chi connectivity index (χ3n) is 2.58. The van der Waals surface area contributed by atoms with Crippen LogP contribution in [-0.4, -0.2) is 17.2 Å². The first-order chi connectivity index (χ1) is 7.75. The maximum absolute atomic E-state index is 11.7. The van der Waals surface area contributed by atoms with Gasteiger partial charge >= 0.3 is 0 Å². The van der Waals surface area contributed by atoms with Gasteiger partial charge in [0.25, 0.3) is 5.56 Å². The van der Waals surface area contributed by atoms with E-state index in [1.165, 1.54) is 10.5 Å². The average Bonchev–Trinajstić information content (AvgIpc) is 2.28. The van der Waals surface area contributed by atoms with E-state index in [1.807, 2.05) is 30.3 Å². The van der Waals surface area contributed by atoms with Crippen LogP contribution in [0.25, 0.3) is 16.4 Å². The minimum Gasteiger partial charge on any atom is -0.269 e. The van der Waals surface area contributed by atoms with E-state index in [4.69, 9.17) is 7.85 Å². The minimum atomic E-state index is -0.159. The summed E-state index contributed by atoms with van der Waals surface area (Å²) in [4.78, 5) is 15.9. The molecule has 0 saturated carbocycles. The van der Waals surface area contributed by atoms with E-state index in [9.17, 15) is 4.79 Å². The second-order valence-electron chi connectivity index (χ2n) is 3.62. The molecule has 0 aliphatic rings. The molecule has 2 radical (unpaired) electrons. The number of benzene rings is 1. The summed E-state index contributed by atoms with van der Waals surface area (Å²) in [6.07, 6.45) is 1.71. The third kappa shape index (κ3) is 1.23. The molecule has 0 N–H and O–H groups in total. The topological polar surface area (TPSA) is 34.4 Å². The van der Waals surface area contributed by atoms with Crippen molar-refractivity contribution in [2.75, 3.05) is 0 Å². The monoisotopic (exact) mass is 206 g/mol. The molecule has 0 aliphatic carbocycles. The van der Waals surface area contributed by atoms with Gasteiger partial charge in [-0.15, -0.1) is 0 Å². The summed E-state index contributed by atoms with van der Waals surface area (Å²) in [5.74, 6) is 0. The van der Waals surface area contributed by atoms with Crippen molar-refractivity contribution < 1.29 is 0 Å². The lowest BCUT2D eigenvalue weighted by molar-refractivity contribution is 1.07. The van der Waals surface area contributed by atoms with Gasteiger partial charge in [-0.25, -0.2) is 4.98 Å². The van der Waals surface area contributed by atoms with Crippen molar-refractivity contribution in [2.24, 2.45) is 0 Å². The van der Waals surface area contributed by atoms with Crippen LogP contribution in [0.1, 0.15) is 0 Å². The lowest BCUT2D eigenvalue weighted by Crippen LogP contribution is -2.23. The molecule has 2 aromatic heterocycles. The second-order valence-corrected chi connectivity index (χ2v) is 3.62. The first-order valence-electron chi connectivity index (χ1n) is 4.92. The molecule has 0 aliphatic heterocycles. The van der Waals surface area contributed by atoms with E-state index < -0.39 is 0 Å². The van der Waals surface area contributed by atoms with Gasteiger partial charge in [0.1, 0.15) is 13.5 Å². The Labute approximate surface area is 92.8 Å². The van der Waals surface area contributed by atoms with E-state index >= 15 is 0 Å². The van der Waals surface area contributed by atoms with Gasteiger partial charge in [-0.1, -0.05) is 24.3 Å². The van der Waals surface area contributed by atoms with E-state index in [1.54, 1.807) is 6.20 Å². The summed E-state index contributed by atoms with van der Waals surface area (Å²) in [6.45, 7) is 0. The zero-order chi connectivity index (χ0) is 11.1. The van der Waals surface area contributed by atoms with Gasteiger partial charge in [-0.3, -0.25) is 9.20 Å². The molecule has 3 nitrogen and oxygen atoms in total. The van der Waals surface area contributed by atoms with Crippen LogP contribution in [0.15, 0.2) is 47.4 Å². The predicted octanol–water partition coefficient (Wildman–Crippen LogP) is 0.641. The minimum absolute atomic E-state index is 0.159. The Kier molecular flexibility index (Phi) is 1.83. The number of aromatic nitrogens is 2. The summed E-state index contributed by atoms with van der Waals surface area (Å²) in [6, 6.07) is 11.0. The van der Waals surface area contributed by atoms with E-state index in [2.05, 4.69) is 4.98 Å². The summed E-state index contributed by atoms with van der Waals surface area (Å²) < 4.78 is 1.50. The molecule has 0 bridgehead atoms. The maximum Gasteiger partial charge on any atom is 0.257 e. The van der Waals surface area contributed by atoms with Crippen molar-refractivity contribution in [3.63, 3.8) is 0 Å². The largest absolute Gasteiger partial charge is 0.269 e. The Morgan fingerprint density at radius 1 is 1.19 bits per heavy atom. The van der Waals surface area contributed by atoms with Gasteiger partial charge in [0.2, 0.25) is 0 Å². The first kappa shape index (κ1) is 9.15. The molecule has 0 spiro atoms. The van der Waals surface area contributed by atoms with Gasteiger partial charge in [-0.05, 0) is 17.0 Å². The Morgan fingerprint density at radius 2 is 2.00 bits per heavy atom. The molecular formula is C12H7BN2O. The number of hydrogen-bond acceptors (Lipinski definition) is 2. The molecule has 0 fully saturated rings. The zero-order valence-electron chi connectivity index (χ0n) is 8.42. The highest BCUT2D eigenvalue weighted by atomic mass is 16.1. The second kappa shape index (κ2) is 3.20. The smallest absolute Gasteiger partial charge is 0.257 e. The molecule has 0 atom stereocenters. The molecule has 3 aromatic rings. The molecule has 0 amide bonds. The standard InChI is InChI=1S/C12H7BN2O/c13-10-7-11(16)15-6-5-8-3-1-2-4-9(8)12(15)14-10/h1-7H. The molecule has 74 valence electrons. The van der Waals surface area contributed by atoms with Gasteiger partial charge < -0.3 is 0 Å². The van der Waals surface area contributed by atoms with Gasteiger partial charge in [0.05, 0.1) is 0 Å². The van der Waals surface area contributed by atoms with Crippen molar-refractivity contribution >= 4 is 29.9 Å². The summed E-state index contributed by atoms with van der Waals surface area (Å²) in [5, 5.41) is 1.97. The lowest BCUT2D eigenvalue weighted by atomic mass is 10.0. The van der Waals surface area contributed by atoms with Crippen LogP contribution in [0.5, 0.6) is 0 Å². The SMILES string of the molecule is [B]c1cc(=O)n2ccc3ccccc3c2n1. The quantitative estimate of drug-likeness (QED) is 0.399. The van der Waals surface area contributed by atoms with Crippen molar-refractivity contribution in [3.8, 4) is 0 Å². The Morgan fingerprint density at radius 3 is 2.88 bits per heavy atom. The first-order valence-corrected chi connectivity index (χ1v) is 4.92. The molecule has 0 unspecified atom stereocenters. The fraction of sp³-hybridized carbons (Fsp3) is 0. The van der Waals surface area contributed by atoms with Gasteiger partial charge in [0.15, 0.2) is 0 Å². The maximum atomic E-state index is 11.7. The fourth-order valence-electron chi connectivity index (χ4n) is 1.84. The highest BCUT2D eigenvalue weighted by molar-refractivity contribution is 6.30. The van der Waals surface area contributed by atoms with Gasteiger partial charge in [0, 0.05) is 17.6 Å². The Balaban J connectivity index is 2.65. The normalized spacial score (nSPS) is 11.0. The van der Waals surface area contributed by atoms with Crippen molar-refractivity contribution in [3.05, 3.63) is 52.9 Å². The molecular weight excluding hydrogens is 199 g/mol. The van der Waals surface area contributed by atoms with Crippen LogP contribution in [0, 0.1) is 0 Å². The van der Waals surface area contributed by atoms with Crippen molar-refractivity contribution in [1.82, 2.24) is 9.38 Å². The van der Waals surface area contributed by atoms with Crippen LogP contribution >= 0.6 is 0 Å².